The van der Waals surface area contributed by atoms with Crippen molar-refractivity contribution in [1.82, 2.24) is 0 Å². The second-order valence-electron chi connectivity index (χ2n) is 2.30. The number of rotatable bonds is 7. The van der Waals surface area contributed by atoms with Crippen LogP contribution in [0.1, 0.15) is 20.8 Å². The van der Waals surface area contributed by atoms with Gasteiger partial charge in [-0.05, 0) is 20.8 Å². The molecule has 1 unspecified atom stereocenters. The smallest absolute Gasteiger partial charge is 0.334 e. The lowest BCUT2D eigenvalue weighted by molar-refractivity contribution is -0.434. The minimum atomic E-state index is -2.06. The highest BCUT2D eigenvalue weighted by Crippen LogP contribution is 2.15. The maximum absolute atomic E-state index is 9.59. The average Bonchev–Trinajstić information content (AvgIpc) is 2.05. The Morgan fingerprint density at radius 2 is 1.54 bits per heavy atom. The maximum Gasteiger partial charge on any atom is 0.334 e. The molecule has 0 aromatic heterocycles. The molecule has 0 spiro atoms. The summed E-state index contributed by atoms with van der Waals surface area (Å²) < 4.78 is 14.5. The molecule has 5 heteroatoms. The van der Waals surface area contributed by atoms with Crippen molar-refractivity contribution < 1.29 is 24.4 Å². The molecular formula is C8H18O5. The molecule has 0 amide bonds. The lowest BCUT2D eigenvalue weighted by Gasteiger charge is -2.30. The second kappa shape index (κ2) is 6.28. The van der Waals surface area contributed by atoms with Crippen LogP contribution in [0.4, 0.5) is 0 Å². The number of ether oxygens (including phenoxy) is 3. The molecule has 80 valence electrons. The quantitative estimate of drug-likeness (QED) is 0.561. The minimum absolute atomic E-state index is 0.223. The fourth-order valence-electron chi connectivity index (χ4n) is 0.861. The molecule has 0 aromatic carbocycles. The van der Waals surface area contributed by atoms with Gasteiger partial charge in [-0.15, -0.1) is 0 Å². The van der Waals surface area contributed by atoms with Gasteiger partial charge in [0.05, 0.1) is 0 Å². The van der Waals surface area contributed by atoms with Gasteiger partial charge in [-0.25, -0.2) is 0 Å². The van der Waals surface area contributed by atoms with E-state index in [1.807, 2.05) is 0 Å². The highest BCUT2D eigenvalue weighted by molar-refractivity contribution is 4.57. The Kier molecular flexibility index (Phi) is 6.19. The zero-order valence-corrected chi connectivity index (χ0v) is 8.32. The maximum atomic E-state index is 9.59. The van der Waals surface area contributed by atoms with E-state index in [1.165, 1.54) is 0 Å². The fraction of sp³-hybridized carbons (Fsp3) is 1.00. The number of aliphatic hydroxyl groups is 2. The van der Waals surface area contributed by atoms with Gasteiger partial charge in [0.25, 0.3) is 0 Å². The molecule has 0 aliphatic heterocycles. The first-order valence-corrected chi connectivity index (χ1v) is 4.40. The molecule has 0 aliphatic rings. The second-order valence-corrected chi connectivity index (χ2v) is 2.30. The Morgan fingerprint density at radius 3 is 1.85 bits per heavy atom. The van der Waals surface area contributed by atoms with E-state index < -0.39 is 12.3 Å². The first kappa shape index (κ1) is 12.8. The van der Waals surface area contributed by atoms with E-state index in [0.29, 0.717) is 0 Å². The van der Waals surface area contributed by atoms with Gasteiger partial charge in [0.15, 0.2) is 0 Å². The van der Waals surface area contributed by atoms with Crippen molar-refractivity contribution >= 4 is 0 Å². The zero-order chi connectivity index (χ0) is 10.3. The third kappa shape index (κ3) is 4.02. The van der Waals surface area contributed by atoms with Gasteiger partial charge < -0.3 is 24.4 Å². The molecule has 0 fully saturated rings. The SMILES string of the molecule is CCOC(O)C(O)(OCC)OCC. The Balaban J connectivity index is 4.18. The van der Waals surface area contributed by atoms with Crippen LogP contribution in [-0.4, -0.2) is 42.3 Å². The van der Waals surface area contributed by atoms with Crippen molar-refractivity contribution in [3.63, 3.8) is 0 Å². The first-order chi connectivity index (χ1) is 6.10. The van der Waals surface area contributed by atoms with Gasteiger partial charge in [-0.2, -0.15) is 0 Å². The molecule has 13 heavy (non-hydrogen) atoms. The number of hydrogen-bond acceptors (Lipinski definition) is 5. The molecule has 0 aliphatic carbocycles. The third-order valence-corrected chi connectivity index (χ3v) is 1.34. The molecule has 0 bridgehead atoms. The van der Waals surface area contributed by atoms with E-state index >= 15 is 0 Å². The van der Waals surface area contributed by atoms with E-state index in [0.717, 1.165) is 0 Å². The van der Waals surface area contributed by atoms with Gasteiger partial charge in [0.2, 0.25) is 6.29 Å². The Hall–Kier alpha value is -0.200. The summed E-state index contributed by atoms with van der Waals surface area (Å²) in [6.45, 7) is 5.78. The normalized spacial score (nSPS) is 14.5. The Labute approximate surface area is 78.2 Å². The lowest BCUT2D eigenvalue weighted by Crippen LogP contribution is -2.49. The molecule has 0 aromatic rings. The Bertz CT molecular complexity index is 122. The summed E-state index contributed by atoms with van der Waals surface area (Å²) in [6, 6.07) is 0. The summed E-state index contributed by atoms with van der Waals surface area (Å²) in [6.07, 6.45) is -1.49. The number of hydrogen-bond donors (Lipinski definition) is 2. The van der Waals surface area contributed by atoms with Crippen molar-refractivity contribution in [3.8, 4) is 0 Å². The van der Waals surface area contributed by atoms with Crippen LogP contribution in [0.15, 0.2) is 0 Å². The van der Waals surface area contributed by atoms with Crippen LogP contribution in [0.3, 0.4) is 0 Å². The molecule has 2 N–H and O–H groups in total. The summed E-state index contributed by atoms with van der Waals surface area (Å²) in [5, 5.41) is 18.9. The molecule has 0 heterocycles. The summed E-state index contributed by atoms with van der Waals surface area (Å²) in [5.41, 5.74) is 0. The molecule has 5 nitrogen and oxygen atoms in total. The van der Waals surface area contributed by atoms with Gasteiger partial charge in [-0.1, -0.05) is 0 Å². The molecule has 0 rings (SSSR count). The minimum Gasteiger partial charge on any atom is -0.362 e. The summed E-state index contributed by atoms with van der Waals surface area (Å²) in [7, 11) is 0. The van der Waals surface area contributed by atoms with Crippen LogP contribution in [0, 0.1) is 0 Å². The van der Waals surface area contributed by atoms with Crippen LogP contribution >= 0.6 is 0 Å². The monoisotopic (exact) mass is 194 g/mol. The summed E-state index contributed by atoms with van der Waals surface area (Å²) in [5.74, 6) is -2.06. The van der Waals surface area contributed by atoms with Crippen molar-refractivity contribution in [2.24, 2.45) is 0 Å². The first-order valence-electron chi connectivity index (χ1n) is 4.40. The predicted octanol–water partition coefficient (Wildman–Crippen LogP) is 0.0604. The Morgan fingerprint density at radius 1 is 1.08 bits per heavy atom. The average molecular weight is 194 g/mol. The van der Waals surface area contributed by atoms with Gasteiger partial charge in [-0.3, -0.25) is 0 Å². The van der Waals surface area contributed by atoms with E-state index in [4.69, 9.17) is 14.2 Å². The molecule has 0 saturated heterocycles. The van der Waals surface area contributed by atoms with E-state index in [9.17, 15) is 10.2 Å². The molecular weight excluding hydrogens is 176 g/mol. The van der Waals surface area contributed by atoms with E-state index in [-0.39, 0.29) is 19.8 Å². The topological polar surface area (TPSA) is 68.2 Å². The van der Waals surface area contributed by atoms with Crippen LogP contribution in [0.25, 0.3) is 0 Å². The predicted molar refractivity (Wildman–Crippen MR) is 45.8 cm³/mol. The van der Waals surface area contributed by atoms with E-state index in [2.05, 4.69) is 0 Å². The molecule has 0 saturated carbocycles. The van der Waals surface area contributed by atoms with Gasteiger partial charge >= 0.3 is 5.97 Å². The standard InChI is InChI=1S/C8H18O5/c1-4-11-7(9)8(10,12-5-2)13-6-3/h7,9-10H,4-6H2,1-3H3. The van der Waals surface area contributed by atoms with Crippen molar-refractivity contribution in [1.29, 1.82) is 0 Å². The van der Waals surface area contributed by atoms with Crippen LogP contribution in [0.5, 0.6) is 0 Å². The fourth-order valence-corrected chi connectivity index (χ4v) is 0.861. The lowest BCUT2D eigenvalue weighted by atomic mass is 10.5. The molecule has 0 radical (unpaired) electrons. The summed E-state index contributed by atoms with van der Waals surface area (Å²) in [4.78, 5) is 0. The van der Waals surface area contributed by atoms with E-state index in [1.54, 1.807) is 20.8 Å². The number of aliphatic hydroxyl groups excluding tert-OH is 1. The van der Waals surface area contributed by atoms with Crippen LogP contribution < -0.4 is 0 Å². The zero-order valence-electron chi connectivity index (χ0n) is 8.32. The highest BCUT2D eigenvalue weighted by atomic mass is 16.9. The molecule has 1 atom stereocenters. The third-order valence-electron chi connectivity index (χ3n) is 1.34. The van der Waals surface area contributed by atoms with Gasteiger partial charge in [0.1, 0.15) is 0 Å². The van der Waals surface area contributed by atoms with Crippen molar-refractivity contribution in [3.05, 3.63) is 0 Å². The van der Waals surface area contributed by atoms with Gasteiger partial charge in [0, 0.05) is 19.8 Å². The summed E-state index contributed by atoms with van der Waals surface area (Å²) >= 11 is 0. The van der Waals surface area contributed by atoms with Crippen molar-refractivity contribution in [2.45, 2.75) is 33.0 Å². The van der Waals surface area contributed by atoms with Crippen LogP contribution in [-0.2, 0) is 14.2 Å². The van der Waals surface area contributed by atoms with Crippen LogP contribution in [0.2, 0.25) is 0 Å². The highest BCUT2D eigenvalue weighted by Gasteiger charge is 2.38. The van der Waals surface area contributed by atoms with Crippen molar-refractivity contribution in [2.75, 3.05) is 19.8 Å². The largest absolute Gasteiger partial charge is 0.362 e.